The Morgan fingerprint density at radius 3 is 3.21 bits per heavy atom. The van der Waals surface area contributed by atoms with Crippen molar-refractivity contribution in [1.82, 2.24) is 0 Å². The minimum atomic E-state index is -0.295. The molecule has 6 heteroatoms. The summed E-state index contributed by atoms with van der Waals surface area (Å²) < 4.78 is 10.7. The van der Waals surface area contributed by atoms with Crippen molar-refractivity contribution in [2.45, 2.75) is 31.1 Å². The first-order valence-electron chi connectivity index (χ1n) is 4.42. The third-order valence-electron chi connectivity index (χ3n) is 2.04. The van der Waals surface area contributed by atoms with Gasteiger partial charge in [-0.25, -0.2) is 0 Å². The van der Waals surface area contributed by atoms with Crippen molar-refractivity contribution in [2.24, 2.45) is 5.11 Å². The molecule has 1 rings (SSSR count). The Morgan fingerprint density at radius 2 is 2.57 bits per heavy atom. The van der Waals surface area contributed by atoms with Crippen molar-refractivity contribution in [3.05, 3.63) is 23.1 Å². The molecule has 1 fully saturated rings. The van der Waals surface area contributed by atoms with Crippen molar-refractivity contribution in [3.8, 4) is 0 Å². The molecule has 1 heterocycles. The zero-order chi connectivity index (χ0) is 10.4. The molecule has 3 atom stereocenters. The molecule has 2 radical (unpaired) electrons. The predicted molar refractivity (Wildman–Crippen MR) is 52.7 cm³/mol. The minimum absolute atomic E-state index is 0.0187. The predicted octanol–water partition coefficient (Wildman–Crippen LogP) is 1.50. The quantitative estimate of drug-likeness (QED) is 0.218. The molecule has 74 valence electrons. The molecule has 0 aromatic heterocycles. The second-order valence-corrected chi connectivity index (χ2v) is 3.04. The van der Waals surface area contributed by atoms with Crippen molar-refractivity contribution >= 4 is 7.85 Å². The van der Waals surface area contributed by atoms with Crippen LogP contribution in [-0.4, -0.2) is 32.8 Å². The molecule has 0 N–H and O–H groups in total. The van der Waals surface area contributed by atoms with Crippen molar-refractivity contribution in [2.75, 3.05) is 6.73 Å². The maximum absolute atomic E-state index is 8.07. The van der Waals surface area contributed by atoms with E-state index in [1.165, 1.54) is 0 Å². The topological polar surface area (TPSA) is 67.2 Å². The molecule has 0 spiro atoms. The molecule has 0 aromatic carbocycles. The summed E-state index contributed by atoms with van der Waals surface area (Å²) in [4.78, 5) is 2.59. The molecule has 1 saturated heterocycles. The lowest BCUT2D eigenvalue weighted by molar-refractivity contribution is -0.00856. The molecule has 1 aliphatic heterocycles. The molecule has 3 unspecified atom stereocenters. The summed E-state index contributed by atoms with van der Waals surface area (Å²) in [6, 6.07) is -0.295. The highest BCUT2D eigenvalue weighted by atomic mass is 16.6. The summed E-state index contributed by atoms with van der Waals surface area (Å²) >= 11 is 0. The number of hydrogen-bond donors (Lipinski definition) is 0. The van der Waals surface area contributed by atoms with Gasteiger partial charge in [0.05, 0.1) is 12.2 Å². The van der Waals surface area contributed by atoms with Crippen LogP contribution in [0.3, 0.4) is 0 Å². The van der Waals surface area contributed by atoms with Crippen LogP contribution in [0.5, 0.6) is 0 Å². The molecular formula is C8H12BN3O2. The second kappa shape index (κ2) is 5.70. The largest absolute Gasteiger partial charge is 0.382 e. The maximum atomic E-state index is 8.07. The van der Waals surface area contributed by atoms with Gasteiger partial charge in [0, 0.05) is 10.9 Å². The Balaban J connectivity index is 2.39. The van der Waals surface area contributed by atoms with Gasteiger partial charge in [-0.1, -0.05) is 11.2 Å². The van der Waals surface area contributed by atoms with Crippen LogP contribution in [0.4, 0.5) is 0 Å². The average Bonchev–Trinajstić information content (AvgIpc) is 2.48. The van der Waals surface area contributed by atoms with Gasteiger partial charge in [-0.2, -0.15) is 0 Å². The van der Waals surface area contributed by atoms with Crippen molar-refractivity contribution in [3.63, 3.8) is 0 Å². The number of hydrogen-bond acceptors (Lipinski definition) is 3. The summed E-state index contributed by atoms with van der Waals surface area (Å²) in [5.41, 5.74) is 8.07. The van der Waals surface area contributed by atoms with E-state index in [1.807, 2.05) is 0 Å². The van der Waals surface area contributed by atoms with Gasteiger partial charge in [-0.05, 0) is 18.4 Å². The summed E-state index contributed by atoms with van der Waals surface area (Å²) in [5.74, 6) is 0. The summed E-state index contributed by atoms with van der Waals surface area (Å²) in [7, 11) is 5.61. The van der Waals surface area contributed by atoms with Crippen LogP contribution in [0.25, 0.3) is 10.4 Å². The summed E-state index contributed by atoms with van der Waals surface area (Å²) in [6.07, 6.45) is 2.89. The van der Waals surface area contributed by atoms with E-state index in [1.54, 1.807) is 6.08 Å². The zero-order valence-corrected chi connectivity index (χ0v) is 7.87. The fourth-order valence-electron chi connectivity index (χ4n) is 1.45. The van der Waals surface area contributed by atoms with Crippen LogP contribution in [0.15, 0.2) is 17.8 Å². The van der Waals surface area contributed by atoms with Crippen LogP contribution in [0.1, 0.15) is 12.8 Å². The number of ether oxygens (including phenoxy) is 2. The second-order valence-electron chi connectivity index (χ2n) is 3.04. The van der Waals surface area contributed by atoms with E-state index in [2.05, 4.69) is 16.6 Å². The monoisotopic (exact) mass is 193 g/mol. The third kappa shape index (κ3) is 3.07. The molecule has 1 aliphatic rings. The van der Waals surface area contributed by atoms with Gasteiger partial charge in [0.2, 0.25) is 0 Å². The summed E-state index contributed by atoms with van der Waals surface area (Å²) in [6.45, 7) is 3.64. The van der Waals surface area contributed by atoms with E-state index in [9.17, 15) is 0 Å². The molecular weight excluding hydrogens is 181 g/mol. The Bertz CT molecular complexity index is 243. The van der Waals surface area contributed by atoms with E-state index in [0.29, 0.717) is 12.8 Å². The molecule has 5 nitrogen and oxygen atoms in total. The average molecular weight is 193 g/mol. The van der Waals surface area contributed by atoms with Crippen molar-refractivity contribution < 1.29 is 9.47 Å². The van der Waals surface area contributed by atoms with Gasteiger partial charge in [0.25, 0.3) is 0 Å². The standard InChI is InChI=1S/C8H12BN3O2/c1-2-3-6-7(4-8(9)14-6)13-5-11-12-10/h2,6-8H,1,3-5H2. The van der Waals surface area contributed by atoms with E-state index >= 15 is 0 Å². The maximum Gasteiger partial charge on any atom is 0.126 e. The van der Waals surface area contributed by atoms with E-state index in [4.69, 9.17) is 22.9 Å². The lowest BCUT2D eigenvalue weighted by atomic mass is 9.96. The molecule has 0 aliphatic carbocycles. The zero-order valence-electron chi connectivity index (χ0n) is 7.87. The third-order valence-corrected chi connectivity index (χ3v) is 2.04. The number of azide groups is 1. The fraction of sp³-hybridized carbons (Fsp3) is 0.750. The highest BCUT2D eigenvalue weighted by Gasteiger charge is 2.31. The molecule has 0 amide bonds. The lowest BCUT2D eigenvalue weighted by Crippen LogP contribution is -2.23. The van der Waals surface area contributed by atoms with Gasteiger partial charge in [-0.15, -0.1) is 6.58 Å². The van der Waals surface area contributed by atoms with Crippen LogP contribution in [0.2, 0.25) is 0 Å². The first-order valence-corrected chi connectivity index (χ1v) is 4.42. The molecule has 0 bridgehead atoms. The molecule has 0 saturated carbocycles. The smallest absolute Gasteiger partial charge is 0.126 e. The van der Waals surface area contributed by atoms with Gasteiger partial charge in [0.15, 0.2) is 0 Å². The van der Waals surface area contributed by atoms with Gasteiger partial charge in [-0.3, -0.25) is 0 Å². The Hall–Kier alpha value is -0.965. The Morgan fingerprint density at radius 1 is 1.79 bits per heavy atom. The SMILES string of the molecule is [B]C1CC(OCN=[N+]=[N-])C(CC=C)O1. The van der Waals surface area contributed by atoms with Crippen LogP contribution in [0, 0.1) is 0 Å². The van der Waals surface area contributed by atoms with E-state index in [-0.39, 0.29) is 24.9 Å². The van der Waals surface area contributed by atoms with Gasteiger partial charge in [0.1, 0.15) is 14.6 Å². The number of nitrogens with zero attached hydrogens (tertiary/aromatic N) is 3. The fourth-order valence-corrected chi connectivity index (χ4v) is 1.45. The normalized spacial score (nSPS) is 31.0. The van der Waals surface area contributed by atoms with E-state index in [0.717, 1.165) is 0 Å². The highest BCUT2D eigenvalue weighted by molar-refractivity contribution is 6.11. The molecule has 0 aromatic rings. The van der Waals surface area contributed by atoms with Crippen LogP contribution < -0.4 is 0 Å². The highest BCUT2D eigenvalue weighted by Crippen LogP contribution is 2.24. The Kier molecular flexibility index (Phi) is 4.52. The van der Waals surface area contributed by atoms with Crippen LogP contribution in [-0.2, 0) is 9.47 Å². The van der Waals surface area contributed by atoms with Crippen molar-refractivity contribution in [1.29, 1.82) is 0 Å². The first-order chi connectivity index (χ1) is 6.77. The van der Waals surface area contributed by atoms with E-state index < -0.39 is 0 Å². The summed E-state index contributed by atoms with van der Waals surface area (Å²) in [5, 5.41) is 3.29. The van der Waals surface area contributed by atoms with Gasteiger partial charge < -0.3 is 9.47 Å². The molecule has 14 heavy (non-hydrogen) atoms. The minimum Gasteiger partial charge on any atom is -0.382 e. The lowest BCUT2D eigenvalue weighted by Gasteiger charge is -2.16. The number of rotatable bonds is 5. The first kappa shape index (κ1) is 11.1. The Labute approximate surface area is 84.1 Å². The van der Waals surface area contributed by atoms with Gasteiger partial charge >= 0.3 is 0 Å². The van der Waals surface area contributed by atoms with Crippen LogP contribution >= 0.6 is 0 Å².